The number of pyridine rings is 1. The summed E-state index contributed by atoms with van der Waals surface area (Å²) in [5, 5.41) is 11.0. The number of carbonyl (C=O) groups is 1. The summed E-state index contributed by atoms with van der Waals surface area (Å²) in [7, 11) is 0. The van der Waals surface area contributed by atoms with Crippen LogP contribution in [-0.4, -0.2) is 34.6 Å². The highest BCUT2D eigenvalue weighted by Gasteiger charge is 2.17. The van der Waals surface area contributed by atoms with Gasteiger partial charge in [0.2, 0.25) is 5.91 Å². The number of carbonyl (C=O) groups excluding carboxylic acids is 1. The van der Waals surface area contributed by atoms with Gasteiger partial charge in [0.05, 0.1) is 16.8 Å². The average molecular weight is 339 g/mol. The zero-order chi connectivity index (χ0) is 16.9. The number of benzene rings is 1. The Morgan fingerprint density at radius 2 is 2.04 bits per heavy atom. The molecule has 1 aromatic heterocycles. The van der Waals surface area contributed by atoms with Gasteiger partial charge in [-0.2, -0.15) is 5.26 Å². The highest BCUT2D eigenvalue weighted by Crippen LogP contribution is 2.26. The van der Waals surface area contributed by atoms with Gasteiger partial charge in [0.15, 0.2) is 0 Å². The zero-order valence-corrected chi connectivity index (χ0v) is 14.7. The Morgan fingerprint density at radius 1 is 1.29 bits per heavy atom. The maximum absolute atomic E-state index is 12.4. The van der Waals surface area contributed by atoms with Gasteiger partial charge in [-0.15, -0.1) is 0 Å². The molecule has 124 valence electrons. The van der Waals surface area contributed by atoms with Crippen molar-refractivity contribution in [1.29, 1.82) is 5.26 Å². The fraction of sp³-hybridized carbons (Fsp3) is 0.421. The number of amides is 1. The molecule has 1 amide bonds. The van der Waals surface area contributed by atoms with E-state index in [0.717, 1.165) is 42.4 Å². The molecule has 1 aromatic carbocycles. The average Bonchev–Trinajstić information content (AvgIpc) is 2.89. The molecule has 1 fully saturated rings. The van der Waals surface area contributed by atoms with Crippen molar-refractivity contribution >= 4 is 28.6 Å². The van der Waals surface area contributed by atoms with Gasteiger partial charge in [-0.1, -0.05) is 42.8 Å². The van der Waals surface area contributed by atoms with E-state index in [1.54, 1.807) is 0 Å². The third kappa shape index (κ3) is 3.70. The van der Waals surface area contributed by atoms with Crippen molar-refractivity contribution in [3.05, 3.63) is 35.4 Å². The monoisotopic (exact) mass is 339 g/mol. The smallest absolute Gasteiger partial charge is 0.232 e. The minimum absolute atomic E-state index is 0.150. The van der Waals surface area contributed by atoms with Crippen LogP contribution in [0.15, 0.2) is 29.3 Å². The van der Waals surface area contributed by atoms with Crippen LogP contribution >= 0.6 is 11.8 Å². The number of aromatic nitrogens is 1. The first kappa shape index (κ1) is 16.8. The van der Waals surface area contributed by atoms with Gasteiger partial charge < -0.3 is 4.90 Å². The van der Waals surface area contributed by atoms with E-state index in [0.29, 0.717) is 16.3 Å². The Hall–Kier alpha value is -2.06. The van der Waals surface area contributed by atoms with Crippen molar-refractivity contribution in [3.63, 3.8) is 0 Å². The molecule has 0 radical (unpaired) electrons. The summed E-state index contributed by atoms with van der Waals surface area (Å²) in [6.45, 7) is 3.72. The number of rotatable bonds is 3. The molecule has 0 atom stereocenters. The van der Waals surface area contributed by atoms with E-state index in [9.17, 15) is 10.1 Å². The molecule has 0 aliphatic carbocycles. The van der Waals surface area contributed by atoms with Gasteiger partial charge in [-0.3, -0.25) is 4.79 Å². The molecule has 2 heterocycles. The summed E-state index contributed by atoms with van der Waals surface area (Å²) in [5.41, 5.74) is 2.53. The third-order valence-corrected chi connectivity index (χ3v) is 5.40. The summed E-state index contributed by atoms with van der Waals surface area (Å²) < 4.78 is 0. The number of aryl methyl sites for hydroxylation is 1. The molecule has 0 spiro atoms. The first-order valence-corrected chi connectivity index (χ1v) is 9.38. The fourth-order valence-corrected chi connectivity index (χ4v) is 3.92. The lowest BCUT2D eigenvalue weighted by Crippen LogP contribution is -2.33. The number of para-hydroxylation sites is 1. The van der Waals surface area contributed by atoms with Gasteiger partial charge in [0.1, 0.15) is 11.1 Å². The summed E-state index contributed by atoms with van der Waals surface area (Å²) in [6, 6.07) is 10.0. The van der Waals surface area contributed by atoms with Gasteiger partial charge in [-0.05, 0) is 31.4 Å². The van der Waals surface area contributed by atoms with Gasteiger partial charge >= 0.3 is 0 Å². The van der Waals surface area contributed by atoms with E-state index >= 15 is 0 Å². The Bertz CT molecular complexity index is 789. The second kappa shape index (κ2) is 7.67. The maximum atomic E-state index is 12.4. The number of likely N-dealkylation sites (tertiary alicyclic amines) is 1. The number of thioether (sulfide) groups is 1. The molecule has 1 aliphatic heterocycles. The topological polar surface area (TPSA) is 57.0 Å². The fourth-order valence-electron chi connectivity index (χ4n) is 3.06. The van der Waals surface area contributed by atoms with Crippen molar-refractivity contribution in [2.24, 2.45) is 0 Å². The molecular weight excluding hydrogens is 318 g/mol. The van der Waals surface area contributed by atoms with Gasteiger partial charge in [0.25, 0.3) is 0 Å². The lowest BCUT2D eigenvalue weighted by molar-refractivity contribution is -0.128. The van der Waals surface area contributed by atoms with Crippen LogP contribution in [0, 0.1) is 18.3 Å². The second-order valence-corrected chi connectivity index (χ2v) is 7.15. The SMILES string of the molecule is Cc1cccc2cc(C#N)c(SCC(=O)N3CCCCCC3)nc12. The molecule has 1 aliphatic rings. The normalized spacial score (nSPS) is 15.1. The van der Waals surface area contributed by atoms with Crippen molar-refractivity contribution < 1.29 is 4.79 Å². The zero-order valence-electron chi connectivity index (χ0n) is 13.9. The van der Waals surface area contributed by atoms with Gasteiger partial charge in [-0.25, -0.2) is 4.98 Å². The largest absolute Gasteiger partial charge is 0.342 e. The first-order chi connectivity index (χ1) is 11.7. The number of nitriles is 1. The number of fused-ring (bicyclic) bond motifs is 1. The van der Waals surface area contributed by atoms with Crippen molar-refractivity contribution in [3.8, 4) is 6.07 Å². The van der Waals surface area contributed by atoms with E-state index in [1.807, 2.05) is 36.1 Å². The van der Waals surface area contributed by atoms with E-state index in [1.165, 1.54) is 24.6 Å². The summed E-state index contributed by atoms with van der Waals surface area (Å²) >= 11 is 1.38. The lowest BCUT2D eigenvalue weighted by Gasteiger charge is -2.20. The summed E-state index contributed by atoms with van der Waals surface area (Å²) in [5.74, 6) is 0.497. The van der Waals surface area contributed by atoms with Crippen molar-refractivity contribution in [2.75, 3.05) is 18.8 Å². The first-order valence-electron chi connectivity index (χ1n) is 8.40. The molecule has 0 saturated carbocycles. The molecular formula is C19H21N3OS. The highest BCUT2D eigenvalue weighted by atomic mass is 32.2. The lowest BCUT2D eigenvalue weighted by atomic mass is 10.1. The molecule has 0 bridgehead atoms. The van der Waals surface area contributed by atoms with Crippen molar-refractivity contribution in [2.45, 2.75) is 37.6 Å². The van der Waals surface area contributed by atoms with Crippen LogP contribution < -0.4 is 0 Å². The molecule has 2 aromatic rings. The van der Waals surface area contributed by atoms with Crippen LogP contribution in [0.25, 0.3) is 10.9 Å². The van der Waals surface area contributed by atoms with E-state index in [-0.39, 0.29) is 5.91 Å². The minimum atomic E-state index is 0.150. The van der Waals surface area contributed by atoms with Crippen LogP contribution in [0.4, 0.5) is 0 Å². The predicted octanol–water partition coefficient (Wildman–Crippen LogP) is 3.91. The predicted molar refractivity (Wildman–Crippen MR) is 97.0 cm³/mol. The van der Waals surface area contributed by atoms with Gasteiger partial charge in [0, 0.05) is 18.5 Å². The van der Waals surface area contributed by atoms with E-state index in [4.69, 9.17) is 0 Å². The number of nitrogens with zero attached hydrogens (tertiary/aromatic N) is 3. The van der Waals surface area contributed by atoms with Crippen LogP contribution in [0.1, 0.15) is 36.8 Å². The molecule has 0 unspecified atom stereocenters. The molecule has 0 N–H and O–H groups in total. The molecule has 1 saturated heterocycles. The van der Waals surface area contributed by atoms with Crippen LogP contribution in [0.2, 0.25) is 0 Å². The summed E-state index contributed by atoms with van der Waals surface area (Å²) in [4.78, 5) is 19.1. The molecule has 24 heavy (non-hydrogen) atoms. The second-order valence-electron chi connectivity index (χ2n) is 6.18. The quantitative estimate of drug-likeness (QED) is 0.796. The number of hydrogen-bond donors (Lipinski definition) is 0. The number of hydrogen-bond acceptors (Lipinski definition) is 4. The van der Waals surface area contributed by atoms with E-state index in [2.05, 4.69) is 11.1 Å². The Balaban J connectivity index is 1.78. The maximum Gasteiger partial charge on any atom is 0.232 e. The van der Waals surface area contributed by atoms with E-state index < -0.39 is 0 Å². The summed E-state index contributed by atoms with van der Waals surface area (Å²) in [6.07, 6.45) is 4.60. The van der Waals surface area contributed by atoms with Crippen molar-refractivity contribution in [1.82, 2.24) is 9.88 Å². The third-order valence-electron chi connectivity index (χ3n) is 4.42. The van der Waals surface area contributed by atoms with Crippen LogP contribution in [0.3, 0.4) is 0 Å². The molecule has 4 nitrogen and oxygen atoms in total. The Morgan fingerprint density at radius 3 is 2.75 bits per heavy atom. The molecule has 3 rings (SSSR count). The van der Waals surface area contributed by atoms with Crippen LogP contribution in [0.5, 0.6) is 0 Å². The van der Waals surface area contributed by atoms with Crippen LogP contribution in [-0.2, 0) is 4.79 Å². The Kier molecular flexibility index (Phi) is 5.37. The standard InChI is InChI=1S/C19H21N3OS/c1-14-7-6-8-15-11-16(12-20)19(21-18(14)15)24-13-17(23)22-9-4-2-3-5-10-22/h6-8,11H,2-5,9-10,13H2,1H3. The molecule has 5 heteroatoms. The Labute approximate surface area is 146 Å². The minimum Gasteiger partial charge on any atom is -0.342 e. The highest BCUT2D eigenvalue weighted by molar-refractivity contribution is 8.00.